The Balaban J connectivity index is 1.91. The number of rotatable bonds is 5. The molecule has 1 aliphatic rings. The van der Waals surface area contributed by atoms with E-state index in [0.29, 0.717) is 5.92 Å². The normalized spacial score (nSPS) is 17.6. The Hall–Kier alpha value is -1.50. The largest absolute Gasteiger partial charge is 0.355 e. The van der Waals surface area contributed by atoms with Crippen LogP contribution in [0.15, 0.2) is 18.2 Å². The Morgan fingerprint density at radius 2 is 2.10 bits per heavy atom. The van der Waals surface area contributed by atoms with Gasteiger partial charge in [0.15, 0.2) is 0 Å². The summed E-state index contributed by atoms with van der Waals surface area (Å²) < 4.78 is 0. The van der Waals surface area contributed by atoms with Gasteiger partial charge >= 0.3 is 0 Å². The van der Waals surface area contributed by atoms with Gasteiger partial charge in [0.05, 0.1) is 0 Å². The molecule has 0 aliphatic heterocycles. The van der Waals surface area contributed by atoms with E-state index < -0.39 is 0 Å². The molecule has 0 radical (unpaired) electrons. The number of H-pyrrole nitrogens is 1. The van der Waals surface area contributed by atoms with Crippen LogP contribution in [0.1, 0.15) is 51.5 Å². The maximum Gasteiger partial charge on any atom is 0.0464 e. The third-order valence-corrected chi connectivity index (χ3v) is 4.40. The van der Waals surface area contributed by atoms with Gasteiger partial charge in [-0.3, -0.25) is 0 Å². The third-order valence-electron chi connectivity index (χ3n) is 4.40. The van der Waals surface area contributed by atoms with Gasteiger partial charge < -0.3 is 4.98 Å². The maximum absolute atomic E-state index is 3.55. The molecule has 20 heavy (non-hydrogen) atoms. The lowest BCUT2D eigenvalue weighted by atomic mass is 9.99. The molecule has 0 saturated carbocycles. The van der Waals surface area contributed by atoms with Gasteiger partial charge in [-0.1, -0.05) is 51.3 Å². The molecule has 3 rings (SSSR count). The molecule has 0 spiro atoms. The molecule has 0 saturated heterocycles. The number of aromatic amines is 1. The molecule has 0 bridgehead atoms. The molecule has 1 atom stereocenters. The van der Waals surface area contributed by atoms with Gasteiger partial charge in [0, 0.05) is 21.5 Å². The summed E-state index contributed by atoms with van der Waals surface area (Å²) >= 11 is 0. The topological polar surface area (TPSA) is 15.8 Å². The van der Waals surface area contributed by atoms with E-state index in [0.717, 1.165) is 6.42 Å². The number of benzene rings is 1. The summed E-state index contributed by atoms with van der Waals surface area (Å²) in [5, 5.41) is 4.16. The molecule has 1 heterocycles. The fraction of sp³-hybridized carbons (Fsp3) is 0.474. The van der Waals surface area contributed by atoms with E-state index >= 15 is 0 Å². The zero-order valence-electron chi connectivity index (χ0n) is 12.7. The highest BCUT2D eigenvalue weighted by atomic mass is 14.7. The average Bonchev–Trinajstić information content (AvgIpc) is 2.81. The van der Waals surface area contributed by atoms with Crippen LogP contribution in [0, 0.1) is 5.92 Å². The molecule has 2 aromatic rings. The standard InChI is InChI=1S/C19H25N/c1-3-4-5-6-7-15-9-11-19-17(13-15)16-12-14(2)8-10-18(16)20-19/h9-14,20H,3-8H2,1-2H3. The summed E-state index contributed by atoms with van der Waals surface area (Å²) in [6.07, 6.45) is 12.5. The number of nitrogens with one attached hydrogen (secondary N) is 1. The summed E-state index contributed by atoms with van der Waals surface area (Å²) in [6.45, 7) is 4.57. The number of aromatic nitrogens is 1. The summed E-state index contributed by atoms with van der Waals surface area (Å²) in [5.41, 5.74) is 2.77. The van der Waals surface area contributed by atoms with Crippen molar-refractivity contribution >= 4 is 23.1 Å². The molecule has 1 aromatic heterocycles. The van der Waals surface area contributed by atoms with Crippen LogP contribution >= 0.6 is 0 Å². The van der Waals surface area contributed by atoms with Crippen molar-refractivity contribution in [1.29, 1.82) is 0 Å². The Kier molecular flexibility index (Phi) is 3.95. The van der Waals surface area contributed by atoms with Crippen molar-refractivity contribution in [2.45, 2.75) is 52.4 Å². The number of hydrogen-bond acceptors (Lipinski definition) is 0. The third kappa shape index (κ3) is 2.67. The second-order valence-corrected chi connectivity index (χ2v) is 6.23. The van der Waals surface area contributed by atoms with Crippen LogP contribution in [-0.2, 0) is 6.42 Å². The lowest BCUT2D eigenvalue weighted by molar-refractivity contribution is 0.667. The van der Waals surface area contributed by atoms with Crippen LogP contribution in [0.5, 0.6) is 0 Å². The highest BCUT2D eigenvalue weighted by Crippen LogP contribution is 2.15. The van der Waals surface area contributed by atoms with Crippen LogP contribution < -0.4 is 10.6 Å². The molecule has 1 aliphatic carbocycles. The van der Waals surface area contributed by atoms with Gasteiger partial charge in [0.25, 0.3) is 0 Å². The Morgan fingerprint density at radius 3 is 2.95 bits per heavy atom. The zero-order valence-corrected chi connectivity index (χ0v) is 12.7. The van der Waals surface area contributed by atoms with Crippen LogP contribution in [-0.4, -0.2) is 4.98 Å². The highest BCUT2D eigenvalue weighted by Gasteiger charge is 2.07. The van der Waals surface area contributed by atoms with Crippen LogP contribution in [0.25, 0.3) is 23.1 Å². The van der Waals surface area contributed by atoms with Crippen molar-refractivity contribution in [2.24, 2.45) is 5.92 Å². The van der Waals surface area contributed by atoms with Crippen molar-refractivity contribution in [3.05, 3.63) is 34.3 Å². The second kappa shape index (κ2) is 5.87. The lowest BCUT2D eigenvalue weighted by Gasteiger charge is -2.05. The highest BCUT2D eigenvalue weighted by molar-refractivity contribution is 5.82. The predicted molar refractivity (Wildman–Crippen MR) is 88.1 cm³/mol. The van der Waals surface area contributed by atoms with Crippen molar-refractivity contribution < 1.29 is 0 Å². The van der Waals surface area contributed by atoms with Crippen LogP contribution in [0.2, 0.25) is 0 Å². The van der Waals surface area contributed by atoms with Gasteiger partial charge in [-0.15, -0.1) is 0 Å². The van der Waals surface area contributed by atoms with E-state index in [9.17, 15) is 0 Å². The zero-order chi connectivity index (χ0) is 13.9. The molecule has 0 amide bonds. The fourth-order valence-corrected chi connectivity index (χ4v) is 3.19. The first kappa shape index (κ1) is 13.5. The lowest BCUT2D eigenvalue weighted by Crippen LogP contribution is -2.26. The molecule has 1 unspecified atom stereocenters. The molecule has 1 aromatic carbocycles. The van der Waals surface area contributed by atoms with E-state index in [2.05, 4.69) is 49.2 Å². The quantitative estimate of drug-likeness (QED) is 0.791. The fourth-order valence-electron chi connectivity index (χ4n) is 3.19. The number of hydrogen-bond donors (Lipinski definition) is 1. The van der Waals surface area contributed by atoms with Crippen LogP contribution in [0.4, 0.5) is 0 Å². The van der Waals surface area contributed by atoms with E-state index in [1.807, 2.05) is 0 Å². The molecular weight excluding hydrogens is 242 g/mol. The Labute approximate surface area is 121 Å². The first-order valence-electron chi connectivity index (χ1n) is 8.10. The van der Waals surface area contributed by atoms with E-state index in [-0.39, 0.29) is 0 Å². The minimum Gasteiger partial charge on any atom is -0.355 e. The molecule has 1 nitrogen and oxygen atoms in total. The van der Waals surface area contributed by atoms with Crippen molar-refractivity contribution in [2.75, 3.05) is 0 Å². The molecule has 106 valence electrons. The average molecular weight is 267 g/mol. The molecule has 1 heteroatoms. The summed E-state index contributed by atoms with van der Waals surface area (Å²) in [4.78, 5) is 3.55. The number of unbranched alkanes of at least 4 members (excludes halogenated alkanes) is 3. The van der Waals surface area contributed by atoms with Crippen molar-refractivity contribution in [3.8, 4) is 0 Å². The van der Waals surface area contributed by atoms with Gasteiger partial charge in [0.1, 0.15) is 0 Å². The Morgan fingerprint density at radius 1 is 1.20 bits per heavy atom. The number of fused-ring (bicyclic) bond motifs is 3. The summed E-state index contributed by atoms with van der Waals surface area (Å²) in [5.74, 6) is 0.662. The molecule has 1 N–H and O–H groups in total. The smallest absolute Gasteiger partial charge is 0.0464 e. The minimum absolute atomic E-state index is 0.662. The van der Waals surface area contributed by atoms with E-state index in [4.69, 9.17) is 0 Å². The van der Waals surface area contributed by atoms with Crippen molar-refractivity contribution in [3.63, 3.8) is 0 Å². The minimum atomic E-state index is 0.662. The SMILES string of the molecule is CCCCCCc1ccc2[nH]c3c(c2c1)=CC(C)CC=3. The van der Waals surface area contributed by atoms with Gasteiger partial charge in [-0.25, -0.2) is 0 Å². The van der Waals surface area contributed by atoms with E-state index in [1.54, 1.807) is 0 Å². The van der Waals surface area contributed by atoms with E-state index in [1.165, 1.54) is 59.1 Å². The van der Waals surface area contributed by atoms with Gasteiger partial charge in [-0.05, 0) is 42.9 Å². The van der Waals surface area contributed by atoms with Crippen LogP contribution in [0.3, 0.4) is 0 Å². The van der Waals surface area contributed by atoms with Gasteiger partial charge in [-0.2, -0.15) is 0 Å². The van der Waals surface area contributed by atoms with Crippen molar-refractivity contribution in [1.82, 2.24) is 4.98 Å². The summed E-state index contributed by atoms with van der Waals surface area (Å²) in [7, 11) is 0. The number of aryl methyl sites for hydroxylation is 1. The Bertz CT molecular complexity index is 705. The molecular formula is C19H25N. The molecule has 0 fully saturated rings. The first-order chi connectivity index (χ1) is 9.78. The van der Waals surface area contributed by atoms with Gasteiger partial charge in [0.2, 0.25) is 0 Å². The summed E-state index contributed by atoms with van der Waals surface area (Å²) in [6, 6.07) is 6.95. The monoisotopic (exact) mass is 267 g/mol. The maximum atomic E-state index is 3.55. The predicted octanol–water partition coefficient (Wildman–Crippen LogP) is 3.89. The second-order valence-electron chi connectivity index (χ2n) is 6.23. The first-order valence-corrected chi connectivity index (χ1v) is 8.10.